The molecule has 17 heavy (non-hydrogen) atoms. The van der Waals surface area contributed by atoms with Crippen molar-refractivity contribution < 1.29 is 4.79 Å². The summed E-state index contributed by atoms with van der Waals surface area (Å²) in [7, 11) is 0. The normalized spacial score (nSPS) is 14.2. The number of rotatable bonds is 4. The third-order valence-electron chi connectivity index (χ3n) is 2.64. The molecule has 1 aromatic rings. The van der Waals surface area contributed by atoms with E-state index in [-0.39, 0.29) is 17.9 Å². The number of halogens is 3. The van der Waals surface area contributed by atoms with Gasteiger partial charge in [-0.25, -0.2) is 0 Å². The van der Waals surface area contributed by atoms with Gasteiger partial charge in [0, 0.05) is 17.5 Å². The maximum atomic E-state index is 11.9. The van der Waals surface area contributed by atoms with Gasteiger partial charge in [0.25, 0.3) is 5.91 Å². The predicted molar refractivity (Wildman–Crippen MR) is 73.3 cm³/mol. The highest BCUT2D eigenvalue weighted by atomic mass is 35.5. The lowest BCUT2D eigenvalue weighted by atomic mass is 10.1. The van der Waals surface area contributed by atoms with Crippen LogP contribution in [-0.4, -0.2) is 17.8 Å². The van der Waals surface area contributed by atoms with Gasteiger partial charge < -0.3 is 5.32 Å². The summed E-state index contributed by atoms with van der Waals surface area (Å²) in [5.74, 6) is 0.541. The number of benzene rings is 1. The summed E-state index contributed by atoms with van der Waals surface area (Å²) in [6.45, 7) is 3.90. The van der Waals surface area contributed by atoms with E-state index in [1.807, 2.05) is 13.8 Å². The van der Waals surface area contributed by atoms with Crippen LogP contribution in [0.25, 0.3) is 0 Å². The molecule has 0 radical (unpaired) electrons. The Morgan fingerprint density at radius 1 is 1.29 bits per heavy atom. The highest BCUT2D eigenvalue weighted by Gasteiger charge is 2.15. The van der Waals surface area contributed by atoms with E-state index in [0.29, 0.717) is 21.5 Å². The Balaban J connectivity index is 2.73. The second-order valence-electron chi connectivity index (χ2n) is 4.02. The Bertz CT molecular complexity index is 409. The summed E-state index contributed by atoms with van der Waals surface area (Å²) in [6.07, 6.45) is 0. The molecule has 2 nitrogen and oxygen atoms in total. The SMILES string of the molecule is CC(CCl)C(C)NC(=O)c1ccc(Cl)c(Cl)c1. The van der Waals surface area contributed by atoms with Gasteiger partial charge in [-0.1, -0.05) is 30.1 Å². The van der Waals surface area contributed by atoms with Crippen LogP contribution in [0.2, 0.25) is 10.0 Å². The first-order valence-corrected chi connectivity index (χ1v) is 6.56. The van der Waals surface area contributed by atoms with Crippen LogP contribution in [-0.2, 0) is 0 Å². The van der Waals surface area contributed by atoms with Gasteiger partial charge in [-0.3, -0.25) is 4.79 Å². The van der Waals surface area contributed by atoms with E-state index in [1.165, 1.54) is 0 Å². The summed E-state index contributed by atoms with van der Waals surface area (Å²) in [4.78, 5) is 11.9. The van der Waals surface area contributed by atoms with Gasteiger partial charge in [0.1, 0.15) is 0 Å². The molecule has 0 saturated heterocycles. The first-order chi connectivity index (χ1) is 7.95. The number of hydrogen-bond acceptors (Lipinski definition) is 1. The third kappa shape index (κ3) is 4.06. The van der Waals surface area contributed by atoms with Crippen molar-refractivity contribution >= 4 is 40.7 Å². The van der Waals surface area contributed by atoms with E-state index >= 15 is 0 Å². The lowest BCUT2D eigenvalue weighted by Crippen LogP contribution is -2.37. The van der Waals surface area contributed by atoms with Gasteiger partial charge in [0.05, 0.1) is 10.0 Å². The maximum absolute atomic E-state index is 11.9. The van der Waals surface area contributed by atoms with Crippen molar-refractivity contribution in [3.8, 4) is 0 Å². The second kappa shape index (κ2) is 6.48. The molecule has 0 fully saturated rings. The van der Waals surface area contributed by atoms with Crippen LogP contribution >= 0.6 is 34.8 Å². The molecule has 0 aromatic heterocycles. The molecule has 0 aliphatic heterocycles. The Morgan fingerprint density at radius 2 is 1.94 bits per heavy atom. The van der Waals surface area contributed by atoms with E-state index < -0.39 is 0 Å². The molecule has 0 spiro atoms. The molecule has 0 aliphatic carbocycles. The van der Waals surface area contributed by atoms with E-state index in [2.05, 4.69) is 5.32 Å². The fourth-order valence-electron chi connectivity index (χ4n) is 1.20. The Morgan fingerprint density at radius 3 is 2.47 bits per heavy atom. The smallest absolute Gasteiger partial charge is 0.251 e. The molecule has 1 rings (SSSR count). The van der Waals surface area contributed by atoms with E-state index in [4.69, 9.17) is 34.8 Å². The molecule has 94 valence electrons. The third-order valence-corrected chi connectivity index (χ3v) is 3.86. The molecule has 0 aliphatic rings. The van der Waals surface area contributed by atoms with Crippen LogP contribution in [0.5, 0.6) is 0 Å². The van der Waals surface area contributed by atoms with Gasteiger partial charge in [0.2, 0.25) is 0 Å². The quantitative estimate of drug-likeness (QED) is 0.836. The monoisotopic (exact) mass is 293 g/mol. The Labute approximate surface area is 116 Å². The minimum Gasteiger partial charge on any atom is -0.349 e. The molecular formula is C12H14Cl3NO. The zero-order valence-corrected chi connectivity index (χ0v) is 11.9. The van der Waals surface area contributed by atoms with Gasteiger partial charge in [-0.2, -0.15) is 0 Å². The van der Waals surface area contributed by atoms with E-state index in [0.717, 1.165) is 0 Å². The average Bonchev–Trinajstić information content (AvgIpc) is 2.31. The molecule has 2 atom stereocenters. The van der Waals surface area contributed by atoms with Crippen molar-refractivity contribution in [3.05, 3.63) is 33.8 Å². The zero-order chi connectivity index (χ0) is 13.0. The first kappa shape index (κ1) is 14.6. The number of carbonyl (C=O) groups is 1. The molecule has 1 N–H and O–H groups in total. The summed E-state index contributed by atoms with van der Waals surface area (Å²) < 4.78 is 0. The fourth-order valence-corrected chi connectivity index (χ4v) is 1.77. The van der Waals surface area contributed by atoms with Gasteiger partial charge >= 0.3 is 0 Å². The number of carbonyl (C=O) groups excluding carboxylic acids is 1. The Hall–Kier alpha value is -0.440. The molecular weight excluding hydrogens is 280 g/mol. The topological polar surface area (TPSA) is 29.1 Å². The van der Waals surface area contributed by atoms with Crippen molar-refractivity contribution in [2.45, 2.75) is 19.9 Å². The summed E-state index contributed by atoms with van der Waals surface area (Å²) >= 11 is 17.4. The van der Waals surface area contributed by atoms with Crippen LogP contribution < -0.4 is 5.32 Å². The molecule has 2 unspecified atom stereocenters. The fraction of sp³-hybridized carbons (Fsp3) is 0.417. The average molecular weight is 295 g/mol. The van der Waals surface area contributed by atoms with Crippen molar-refractivity contribution in [1.29, 1.82) is 0 Å². The Kier molecular flexibility index (Phi) is 5.57. The second-order valence-corrected chi connectivity index (χ2v) is 5.15. The number of hydrogen-bond donors (Lipinski definition) is 1. The highest BCUT2D eigenvalue weighted by Crippen LogP contribution is 2.22. The molecule has 0 bridgehead atoms. The van der Waals surface area contributed by atoms with E-state index in [1.54, 1.807) is 18.2 Å². The van der Waals surface area contributed by atoms with Crippen LogP contribution in [0.15, 0.2) is 18.2 Å². The number of nitrogens with one attached hydrogen (secondary N) is 1. The van der Waals surface area contributed by atoms with Crippen LogP contribution in [0.3, 0.4) is 0 Å². The minimum atomic E-state index is -0.173. The van der Waals surface area contributed by atoms with Gasteiger partial charge in [-0.15, -0.1) is 11.6 Å². The standard InChI is InChI=1S/C12H14Cl3NO/c1-7(6-13)8(2)16-12(17)9-3-4-10(14)11(15)5-9/h3-5,7-8H,6H2,1-2H3,(H,16,17). The molecule has 1 aromatic carbocycles. The predicted octanol–water partition coefficient (Wildman–Crippen LogP) is 3.99. The summed E-state index contributed by atoms with van der Waals surface area (Å²) in [5, 5.41) is 3.68. The van der Waals surface area contributed by atoms with Crippen LogP contribution in [0.1, 0.15) is 24.2 Å². The zero-order valence-electron chi connectivity index (χ0n) is 9.64. The van der Waals surface area contributed by atoms with Gasteiger partial charge in [-0.05, 0) is 31.0 Å². The highest BCUT2D eigenvalue weighted by molar-refractivity contribution is 6.42. The maximum Gasteiger partial charge on any atom is 0.251 e. The molecule has 1 amide bonds. The molecule has 5 heteroatoms. The van der Waals surface area contributed by atoms with Crippen molar-refractivity contribution in [2.24, 2.45) is 5.92 Å². The van der Waals surface area contributed by atoms with Crippen molar-refractivity contribution in [3.63, 3.8) is 0 Å². The largest absolute Gasteiger partial charge is 0.349 e. The van der Waals surface area contributed by atoms with Crippen molar-refractivity contribution in [1.82, 2.24) is 5.32 Å². The van der Waals surface area contributed by atoms with Crippen LogP contribution in [0.4, 0.5) is 0 Å². The van der Waals surface area contributed by atoms with Crippen molar-refractivity contribution in [2.75, 3.05) is 5.88 Å². The summed E-state index contributed by atoms with van der Waals surface area (Å²) in [6, 6.07) is 4.81. The molecule has 0 heterocycles. The van der Waals surface area contributed by atoms with E-state index in [9.17, 15) is 4.79 Å². The number of amides is 1. The lowest BCUT2D eigenvalue weighted by molar-refractivity contribution is 0.0931. The number of alkyl halides is 1. The molecule has 0 saturated carbocycles. The minimum absolute atomic E-state index is 0.00875. The summed E-state index contributed by atoms with van der Waals surface area (Å²) in [5.41, 5.74) is 0.494. The lowest BCUT2D eigenvalue weighted by Gasteiger charge is -2.19. The van der Waals surface area contributed by atoms with Gasteiger partial charge in [0.15, 0.2) is 0 Å². The van der Waals surface area contributed by atoms with Crippen LogP contribution in [0, 0.1) is 5.92 Å². The first-order valence-electron chi connectivity index (χ1n) is 5.27.